The number of aromatic nitrogens is 2. The van der Waals surface area contributed by atoms with E-state index in [2.05, 4.69) is 10.2 Å². The van der Waals surface area contributed by atoms with Crippen molar-refractivity contribution < 1.29 is 19.1 Å². The summed E-state index contributed by atoms with van der Waals surface area (Å²) < 4.78 is 11.9. The van der Waals surface area contributed by atoms with Crippen LogP contribution in [0.25, 0.3) is 0 Å². The Hall–Kier alpha value is -3.65. The van der Waals surface area contributed by atoms with Gasteiger partial charge in [-0.25, -0.2) is 9.80 Å². The Morgan fingerprint density at radius 3 is 2.42 bits per heavy atom. The van der Waals surface area contributed by atoms with E-state index < -0.39 is 18.5 Å². The van der Waals surface area contributed by atoms with E-state index in [1.54, 1.807) is 21.1 Å². The van der Waals surface area contributed by atoms with Crippen LogP contribution in [0.2, 0.25) is 5.15 Å². The van der Waals surface area contributed by atoms with Gasteiger partial charge >= 0.3 is 5.97 Å². The van der Waals surface area contributed by atoms with Gasteiger partial charge in [0.25, 0.3) is 5.91 Å². The van der Waals surface area contributed by atoms with Crippen LogP contribution in [0, 0.1) is 6.92 Å². The zero-order valence-electron chi connectivity index (χ0n) is 18.5. The molecule has 0 bridgehead atoms. The normalized spacial score (nSPS) is 15.3. The average molecular weight is 467 g/mol. The summed E-state index contributed by atoms with van der Waals surface area (Å²) in [5, 5.41) is 10.2. The molecule has 0 radical (unpaired) electrons. The van der Waals surface area contributed by atoms with E-state index in [1.165, 1.54) is 9.69 Å². The van der Waals surface area contributed by atoms with Crippen molar-refractivity contribution in [2.24, 2.45) is 12.1 Å². The first kappa shape index (κ1) is 22.5. The first-order valence-corrected chi connectivity index (χ1v) is 10.7. The molecule has 0 aliphatic carbocycles. The highest BCUT2D eigenvalue weighted by atomic mass is 35.5. The first-order chi connectivity index (χ1) is 15.9. The van der Waals surface area contributed by atoms with Crippen LogP contribution < -0.4 is 4.74 Å². The van der Waals surface area contributed by atoms with Gasteiger partial charge in [-0.3, -0.25) is 9.48 Å². The molecule has 1 aliphatic rings. The highest BCUT2D eigenvalue weighted by Gasteiger charge is 2.34. The predicted molar refractivity (Wildman–Crippen MR) is 123 cm³/mol. The van der Waals surface area contributed by atoms with Gasteiger partial charge in [0, 0.05) is 13.5 Å². The minimum atomic E-state index is -0.702. The molecule has 1 amide bonds. The third-order valence-corrected chi connectivity index (χ3v) is 5.89. The van der Waals surface area contributed by atoms with Crippen molar-refractivity contribution in [2.75, 3.05) is 13.7 Å². The van der Waals surface area contributed by atoms with Crippen molar-refractivity contribution in [3.05, 3.63) is 82.1 Å². The lowest BCUT2D eigenvalue weighted by atomic mass is 9.98. The Balaban J connectivity index is 1.56. The van der Waals surface area contributed by atoms with E-state index in [9.17, 15) is 9.59 Å². The van der Waals surface area contributed by atoms with Crippen LogP contribution in [0.5, 0.6) is 5.75 Å². The summed E-state index contributed by atoms with van der Waals surface area (Å²) >= 11 is 6.14. The minimum absolute atomic E-state index is 0.147. The Labute approximate surface area is 196 Å². The smallest absolute Gasteiger partial charge is 0.343 e. The lowest BCUT2D eigenvalue weighted by Crippen LogP contribution is -2.31. The Morgan fingerprint density at radius 1 is 1.12 bits per heavy atom. The average Bonchev–Trinajstić information content (AvgIpc) is 3.39. The number of amides is 1. The molecule has 2 aromatic carbocycles. The van der Waals surface area contributed by atoms with Crippen LogP contribution in [0.4, 0.5) is 0 Å². The van der Waals surface area contributed by atoms with Gasteiger partial charge in [-0.15, -0.1) is 0 Å². The van der Waals surface area contributed by atoms with Gasteiger partial charge in [0.15, 0.2) is 6.61 Å². The maximum absolute atomic E-state index is 13.1. The molecule has 33 heavy (non-hydrogen) atoms. The molecule has 3 aromatic rings. The maximum atomic E-state index is 13.1. The standard InChI is InChI=1S/C24H23ClN4O4/c1-15-22(23(25)28(2)26-15)24(31)33-14-21(30)29-20(17-9-11-18(32-3)12-10-17)13-19(27-29)16-7-5-4-6-8-16/h4-12,20H,13-14H2,1-3H3. The minimum Gasteiger partial charge on any atom is -0.497 e. The second-order valence-corrected chi connectivity index (χ2v) is 7.95. The summed E-state index contributed by atoms with van der Waals surface area (Å²) in [5.41, 5.74) is 3.19. The second-order valence-electron chi connectivity index (χ2n) is 7.60. The van der Waals surface area contributed by atoms with Crippen molar-refractivity contribution in [2.45, 2.75) is 19.4 Å². The zero-order valence-corrected chi connectivity index (χ0v) is 19.2. The Bertz CT molecular complexity index is 1210. The molecule has 170 valence electrons. The molecule has 0 spiro atoms. The van der Waals surface area contributed by atoms with Gasteiger partial charge in [0.2, 0.25) is 0 Å². The highest BCUT2D eigenvalue weighted by Crippen LogP contribution is 2.33. The summed E-state index contributed by atoms with van der Waals surface area (Å²) in [6.07, 6.45) is 0.531. The number of ether oxygens (including phenoxy) is 2. The number of esters is 1. The third-order valence-electron chi connectivity index (χ3n) is 5.46. The molecule has 1 unspecified atom stereocenters. The molecule has 0 saturated carbocycles. The van der Waals surface area contributed by atoms with E-state index in [0.717, 1.165) is 22.6 Å². The molecule has 1 aromatic heterocycles. The number of carbonyl (C=O) groups is 2. The predicted octanol–water partition coefficient (Wildman–Crippen LogP) is 3.93. The number of aryl methyl sites for hydroxylation is 2. The number of methoxy groups -OCH3 is 1. The quantitative estimate of drug-likeness (QED) is 0.514. The molecule has 2 heterocycles. The number of hydrogen-bond acceptors (Lipinski definition) is 6. The van der Waals surface area contributed by atoms with Crippen molar-refractivity contribution in [1.29, 1.82) is 0 Å². The van der Waals surface area contributed by atoms with Crippen LogP contribution in [0.15, 0.2) is 59.7 Å². The number of hydrazone groups is 1. The summed E-state index contributed by atoms with van der Waals surface area (Å²) in [5.74, 6) is -0.421. The number of rotatable bonds is 6. The lowest BCUT2D eigenvalue weighted by molar-refractivity contribution is -0.136. The first-order valence-electron chi connectivity index (χ1n) is 10.3. The van der Waals surface area contributed by atoms with Crippen molar-refractivity contribution in [1.82, 2.24) is 14.8 Å². The monoisotopic (exact) mass is 466 g/mol. The van der Waals surface area contributed by atoms with E-state index in [1.807, 2.05) is 54.6 Å². The van der Waals surface area contributed by atoms with Gasteiger partial charge < -0.3 is 9.47 Å². The van der Waals surface area contributed by atoms with Crippen LogP contribution >= 0.6 is 11.6 Å². The molecule has 4 rings (SSSR count). The second kappa shape index (κ2) is 9.46. The molecule has 0 saturated heterocycles. The zero-order chi connectivity index (χ0) is 23.5. The van der Waals surface area contributed by atoms with Gasteiger partial charge in [0.05, 0.1) is 24.6 Å². The van der Waals surface area contributed by atoms with Crippen molar-refractivity contribution >= 4 is 29.2 Å². The lowest BCUT2D eigenvalue weighted by Gasteiger charge is -2.22. The van der Waals surface area contributed by atoms with Crippen LogP contribution in [0.1, 0.15) is 39.6 Å². The van der Waals surface area contributed by atoms with Crippen LogP contribution in [-0.2, 0) is 16.6 Å². The van der Waals surface area contributed by atoms with Gasteiger partial charge in [-0.2, -0.15) is 10.2 Å². The molecule has 0 fully saturated rings. The molecule has 8 nitrogen and oxygen atoms in total. The summed E-state index contributed by atoms with van der Waals surface area (Å²) in [6, 6.07) is 16.8. The fourth-order valence-electron chi connectivity index (χ4n) is 3.76. The van der Waals surface area contributed by atoms with Crippen LogP contribution in [0.3, 0.4) is 0 Å². The fourth-order valence-corrected chi connectivity index (χ4v) is 4.01. The number of nitrogens with zero attached hydrogens (tertiary/aromatic N) is 4. The number of benzene rings is 2. The van der Waals surface area contributed by atoms with E-state index in [0.29, 0.717) is 12.1 Å². The van der Waals surface area contributed by atoms with Crippen LogP contribution in [-0.4, -0.2) is 46.1 Å². The highest BCUT2D eigenvalue weighted by molar-refractivity contribution is 6.32. The molecule has 9 heteroatoms. The fraction of sp³-hybridized carbons (Fsp3) is 0.250. The summed E-state index contributed by atoms with van der Waals surface area (Å²) in [7, 11) is 3.22. The third kappa shape index (κ3) is 4.61. The number of hydrogen-bond donors (Lipinski definition) is 0. The number of halogens is 1. The largest absolute Gasteiger partial charge is 0.497 e. The Morgan fingerprint density at radius 2 is 1.82 bits per heavy atom. The number of carbonyl (C=O) groups excluding carboxylic acids is 2. The summed E-state index contributed by atoms with van der Waals surface area (Å²) in [4.78, 5) is 25.6. The Kier molecular flexibility index (Phi) is 6.46. The summed E-state index contributed by atoms with van der Waals surface area (Å²) in [6.45, 7) is 1.18. The molecular formula is C24H23ClN4O4. The van der Waals surface area contributed by atoms with E-state index in [4.69, 9.17) is 21.1 Å². The molecule has 1 aliphatic heterocycles. The van der Waals surface area contributed by atoms with Gasteiger partial charge in [0.1, 0.15) is 16.5 Å². The van der Waals surface area contributed by atoms with Gasteiger partial charge in [-0.1, -0.05) is 54.1 Å². The van der Waals surface area contributed by atoms with E-state index in [-0.39, 0.29) is 16.8 Å². The topological polar surface area (TPSA) is 86.0 Å². The molecule has 0 N–H and O–H groups in total. The maximum Gasteiger partial charge on any atom is 0.343 e. The van der Waals surface area contributed by atoms with Crippen molar-refractivity contribution in [3.63, 3.8) is 0 Å². The molecule has 1 atom stereocenters. The molecular weight excluding hydrogens is 444 g/mol. The van der Waals surface area contributed by atoms with E-state index >= 15 is 0 Å². The SMILES string of the molecule is COc1ccc(C2CC(c3ccccc3)=NN2C(=O)COC(=O)c2c(C)nn(C)c2Cl)cc1. The van der Waals surface area contributed by atoms with Crippen molar-refractivity contribution in [3.8, 4) is 5.75 Å². The van der Waals surface area contributed by atoms with Gasteiger partial charge in [-0.05, 0) is 30.2 Å².